The van der Waals surface area contributed by atoms with Gasteiger partial charge in [0.2, 0.25) is 5.91 Å². The molecule has 2 rings (SSSR count). The maximum atomic E-state index is 12.5. The molecule has 0 aliphatic rings. The lowest BCUT2D eigenvalue weighted by molar-refractivity contribution is -0.118. The average molecular weight is 311 g/mol. The molecule has 0 unspecified atom stereocenters. The van der Waals surface area contributed by atoms with Crippen LogP contribution in [0.5, 0.6) is 0 Å². The summed E-state index contributed by atoms with van der Waals surface area (Å²) in [6, 6.07) is 13.6. The van der Waals surface area contributed by atoms with Crippen LogP contribution in [0, 0.1) is 12.8 Å². The number of carbonyl (C=O) groups excluding carboxylic acids is 2. The number of amides is 2. The van der Waals surface area contributed by atoms with E-state index < -0.39 is 6.04 Å². The van der Waals surface area contributed by atoms with E-state index in [0.29, 0.717) is 11.4 Å². The molecule has 23 heavy (non-hydrogen) atoms. The van der Waals surface area contributed by atoms with Crippen LogP contribution in [0.2, 0.25) is 0 Å². The predicted octanol–water partition coefficient (Wildman–Crippen LogP) is 2.78. The molecule has 5 heteroatoms. The molecule has 0 saturated heterocycles. The molecule has 1 aromatic heterocycles. The minimum atomic E-state index is -0.634. The molecule has 0 fully saturated rings. The van der Waals surface area contributed by atoms with Crippen molar-refractivity contribution in [2.75, 3.05) is 5.32 Å². The van der Waals surface area contributed by atoms with E-state index in [1.165, 1.54) is 0 Å². The van der Waals surface area contributed by atoms with E-state index in [-0.39, 0.29) is 17.7 Å². The van der Waals surface area contributed by atoms with Gasteiger partial charge in [-0.15, -0.1) is 0 Å². The van der Waals surface area contributed by atoms with Crippen molar-refractivity contribution in [2.24, 2.45) is 5.92 Å². The minimum absolute atomic E-state index is 0.0486. The monoisotopic (exact) mass is 311 g/mol. The van der Waals surface area contributed by atoms with Crippen molar-refractivity contribution in [1.29, 1.82) is 0 Å². The van der Waals surface area contributed by atoms with Crippen molar-refractivity contribution in [3.8, 4) is 0 Å². The summed E-state index contributed by atoms with van der Waals surface area (Å²) < 4.78 is 0. The maximum Gasteiger partial charge on any atom is 0.251 e. The SMILES string of the molecule is Cc1cccc(NC(=O)[C@H](NC(=O)c2ccccc2)C(C)C)n1. The van der Waals surface area contributed by atoms with Gasteiger partial charge in [0.15, 0.2) is 0 Å². The van der Waals surface area contributed by atoms with Crippen molar-refractivity contribution in [1.82, 2.24) is 10.3 Å². The van der Waals surface area contributed by atoms with E-state index in [1.807, 2.05) is 39.0 Å². The Kier molecular flexibility index (Phi) is 5.46. The summed E-state index contributed by atoms with van der Waals surface area (Å²) in [5.74, 6) is -0.110. The van der Waals surface area contributed by atoms with Gasteiger partial charge < -0.3 is 10.6 Å². The summed E-state index contributed by atoms with van der Waals surface area (Å²) in [5.41, 5.74) is 1.34. The number of nitrogens with zero attached hydrogens (tertiary/aromatic N) is 1. The van der Waals surface area contributed by atoms with Crippen LogP contribution in [0.1, 0.15) is 29.9 Å². The normalized spacial score (nSPS) is 11.8. The van der Waals surface area contributed by atoms with E-state index in [2.05, 4.69) is 15.6 Å². The summed E-state index contributed by atoms with van der Waals surface area (Å²) in [7, 11) is 0. The van der Waals surface area contributed by atoms with Crippen LogP contribution < -0.4 is 10.6 Å². The molecule has 1 aromatic carbocycles. The molecule has 2 amide bonds. The first kappa shape index (κ1) is 16.7. The van der Waals surface area contributed by atoms with Gasteiger partial charge in [-0.3, -0.25) is 9.59 Å². The Labute approximate surface area is 136 Å². The number of rotatable bonds is 5. The summed E-state index contributed by atoms with van der Waals surface area (Å²) in [4.78, 5) is 29.0. The lowest BCUT2D eigenvalue weighted by Crippen LogP contribution is -2.47. The van der Waals surface area contributed by atoms with E-state index in [1.54, 1.807) is 30.3 Å². The number of benzene rings is 1. The number of aryl methyl sites for hydroxylation is 1. The van der Waals surface area contributed by atoms with Crippen LogP contribution in [-0.2, 0) is 4.79 Å². The standard InChI is InChI=1S/C18H21N3O2/c1-12(2)16(21-17(22)14-9-5-4-6-10-14)18(23)20-15-11-7-8-13(3)19-15/h4-12,16H,1-3H3,(H,21,22)(H,19,20,23)/t16-/m1/s1. The topological polar surface area (TPSA) is 71.1 Å². The first-order chi connectivity index (χ1) is 11.0. The van der Waals surface area contributed by atoms with E-state index in [9.17, 15) is 9.59 Å². The predicted molar refractivity (Wildman–Crippen MR) is 90.1 cm³/mol. The molecule has 0 spiro atoms. The molecule has 1 atom stereocenters. The van der Waals surface area contributed by atoms with E-state index >= 15 is 0 Å². The highest BCUT2D eigenvalue weighted by atomic mass is 16.2. The van der Waals surface area contributed by atoms with Crippen LogP contribution in [0.3, 0.4) is 0 Å². The summed E-state index contributed by atoms with van der Waals surface area (Å²) in [5, 5.41) is 5.54. The van der Waals surface area contributed by atoms with Crippen molar-refractivity contribution in [3.05, 3.63) is 59.8 Å². The van der Waals surface area contributed by atoms with Crippen LogP contribution in [0.4, 0.5) is 5.82 Å². The Morgan fingerprint density at radius 3 is 2.30 bits per heavy atom. The molecule has 2 N–H and O–H groups in total. The zero-order valence-corrected chi connectivity index (χ0v) is 13.5. The Bertz CT molecular complexity index is 684. The average Bonchev–Trinajstić information content (AvgIpc) is 2.52. The van der Waals surface area contributed by atoms with Gasteiger partial charge in [-0.1, -0.05) is 38.1 Å². The number of pyridine rings is 1. The third-order valence-electron chi connectivity index (χ3n) is 3.41. The van der Waals surface area contributed by atoms with Gasteiger partial charge in [-0.25, -0.2) is 4.98 Å². The second-order valence-electron chi connectivity index (χ2n) is 5.71. The van der Waals surface area contributed by atoms with Crippen molar-refractivity contribution in [3.63, 3.8) is 0 Å². The number of carbonyl (C=O) groups is 2. The fourth-order valence-electron chi connectivity index (χ4n) is 2.17. The summed E-state index contributed by atoms with van der Waals surface area (Å²) in [6.07, 6.45) is 0. The maximum absolute atomic E-state index is 12.5. The number of nitrogens with one attached hydrogen (secondary N) is 2. The van der Waals surface area contributed by atoms with Crippen LogP contribution in [0.25, 0.3) is 0 Å². The van der Waals surface area contributed by atoms with Gasteiger partial charge in [0.1, 0.15) is 11.9 Å². The molecule has 0 saturated carbocycles. The molecule has 0 radical (unpaired) electrons. The first-order valence-electron chi connectivity index (χ1n) is 7.58. The van der Waals surface area contributed by atoms with Crippen molar-refractivity contribution in [2.45, 2.75) is 26.8 Å². The fourth-order valence-corrected chi connectivity index (χ4v) is 2.17. The lowest BCUT2D eigenvalue weighted by Gasteiger charge is -2.21. The molecular formula is C18H21N3O2. The van der Waals surface area contributed by atoms with Gasteiger partial charge >= 0.3 is 0 Å². The van der Waals surface area contributed by atoms with Crippen LogP contribution >= 0.6 is 0 Å². The van der Waals surface area contributed by atoms with Crippen molar-refractivity contribution < 1.29 is 9.59 Å². The molecule has 1 heterocycles. The molecule has 0 aliphatic heterocycles. The lowest BCUT2D eigenvalue weighted by atomic mass is 10.0. The quantitative estimate of drug-likeness (QED) is 0.892. The fraction of sp³-hybridized carbons (Fsp3) is 0.278. The highest BCUT2D eigenvalue weighted by molar-refractivity contribution is 6.00. The minimum Gasteiger partial charge on any atom is -0.340 e. The zero-order valence-electron chi connectivity index (χ0n) is 13.5. The van der Waals surface area contributed by atoms with Crippen LogP contribution in [-0.4, -0.2) is 22.8 Å². The zero-order chi connectivity index (χ0) is 16.8. The smallest absolute Gasteiger partial charge is 0.251 e. The third kappa shape index (κ3) is 4.64. The van der Waals surface area contributed by atoms with E-state index in [4.69, 9.17) is 0 Å². The highest BCUT2D eigenvalue weighted by Gasteiger charge is 2.25. The van der Waals surface area contributed by atoms with Gasteiger partial charge in [-0.2, -0.15) is 0 Å². The van der Waals surface area contributed by atoms with E-state index in [0.717, 1.165) is 5.69 Å². The Balaban J connectivity index is 2.09. The molecular weight excluding hydrogens is 290 g/mol. The number of hydrogen-bond donors (Lipinski definition) is 2. The summed E-state index contributed by atoms with van der Waals surface area (Å²) in [6.45, 7) is 5.63. The molecule has 0 aliphatic carbocycles. The highest BCUT2D eigenvalue weighted by Crippen LogP contribution is 2.09. The third-order valence-corrected chi connectivity index (χ3v) is 3.41. The first-order valence-corrected chi connectivity index (χ1v) is 7.58. The summed E-state index contributed by atoms with van der Waals surface area (Å²) >= 11 is 0. The Morgan fingerprint density at radius 2 is 1.70 bits per heavy atom. The molecule has 5 nitrogen and oxygen atoms in total. The number of anilines is 1. The van der Waals surface area contributed by atoms with Gasteiger partial charge in [-0.05, 0) is 37.1 Å². The Morgan fingerprint density at radius 1 is 1.00 bits per heavy atom. The molecule has 2 aromatic rings. The molecule has 120 valence electrons. The number of hydrogen-bond acceptors (Lipinski definition) is 3. The second kappa shape index (κ2) is 7.54. The van der Waals surface area contributed by atoms with Gasteiger partial charge in [0, 0.05) is 11.3 Å². The number of aromatic nitrogens is 1. The Hall–Kier alpha value is -2.69. The largest absolute Gasteiger partial charge is 0.340 e. The van der Waals surface area contributed by atoms with Gasteiger partial charge in [0.25, 0.3) is 5.91 Å². The van der Waals surface area contributed by atoms with Crippen LogP contribution in [0.15, 0.2) is 48.5 Å². The van der Waals surface area contributed by atoms with Gasteiger partial charge in [0.05, 0.1) is 0 Å². The second-order valence-corrected chi connectivity index (χ2v) is 5.71. The molecule has 0 bridgehead atoms. The van der Waals surface area contributed by atoms with Crippen molar-refractivity contribution >= 4 is 17.6 Å².